The molecule has 0 heterocycles. The lowest BCUT2D eigenvalue weighted by Crippen LogP contribution is -2.16. The molecule has 0 fully saturated rings. The molecule has 2 amide bonds. The Balaban J connectivity index is 2.32. The summed E-state index contributed by atoms with van der Waals surface area (Å²) in [5.74, 6) is 0.133. The van der Waals surface area contributed by atoms with Crippen molar-refractivity contribution >= 4 is 23.2 Å². The number of nitrogens with one attached hydrogen (secondary N) is 2. The highest BCUT2D eigenvalue weighted by molar-refractivity contribution is 6.06. The monoisotopic (exact) mass is 392 g/mol. The first-order chi connectivity index (χ1) is 13.5. The Kier molecular flexibility index (Phi) is 7.02. The number of methoxy groups -OCH3 is 4. The van der Waals surface area contributed by atoms with Gasteiger partial charge in [0.25, 0.3) is 11.8 Å². The molecule has 2 aromatic carbocycles. The highest BCUT2D eigenvalue weighted by Crippen LogP contribution is 2.40. The number of hydrogen-bond acceptors (Lipinski definition) is 6. The first-order valence-electron chi connectivity index (χ1n) is 8.12. The first-order valence-corrected chi connectivity index (χ1v) is 8.12. The summed E-state index contributed by atoms with van der Waals surface area (Å²) in [5.41, 5.74) is 0.816. The van der Waals surface area contributed by atoms with Gasteiger partial charge in [-0.25, -0.2) is 4.39 Å². The van der Waals surface area contributed by atoms with Crippen LogP contribution in [0.5, 0.6) is 23.0 Å². The zero-order chi connectivity index (χ0) is 20.7. The van der Waals surface area contributed by atoms with Crippen molar-refractivity contribution in [2.75, 3.05) is 45.7 Å². The first kappa shape index (κ1) is 20.8. The molecule has 9 heteroatoms. The molecule has 0 aliphatic carbocycles. The van der Waals surface area contributed by atoms with Gasteiger partial charge in [-0.1, -0.05) is 0 Å². The van der Waals surface area contributed by atoms with E-state index in [-0.39, 0.29) is 11.3 Å². The Morgan fingerprint density at radius 1 is 0.857 bits per heavy atom. The molecule has 28 heavy (non-hydrogen) atoms. The highest BCUT2D eigenvalue weighted by atomic mass is 19.1. The van der Waals surface area contributed by atoms with Crippen LogP contribution in [0.2, 0.25) is 0 Å². The molecule has 0 saturated heterocycles. The molecule has 0 radical (unpaired) electrons. The van der Waals surface area contributed by atoms with E-state index in [0.29, 0.717) is 28.7 Å². The van der Waals surface area contributed by atoms with Crippen LogP contribution < -0.4 is 29.6 Å². The number of ether oxygens (including phenoxy) is 4. The molecule has 2 N–H and O–H groups in total. The van der Waals surface area contributed by atoms with E-state index in [2.05, 4.69) is 10.6 Å². The van der Waals surface area contributed by atoms with Gasteiger partial charge in [0, 0.05) is 23.4 Å². The average Bonchev–Trinajstić information content (AvgIpc) is 2.72. The maximum atomic E-state index is 12.6. The van der Waals surface area contributed by atoms with E-state index in [1.165, 1.54) is 46.6 Å². The molecule has 0 aliphatic rings. The maximum Gasteiger partial charge on any atom is 0.255 e. The van der Waals surface area contributed by atoms with Gasteiger partial charge in [-0.3, -0.25) is 9.59 Å². The smallest absolute Gasteiger partial charge is 0.255 e. The zero-order valence-corrected chi connectivity index (χ0v) is 15.9. The van der Waals surface area contributed by atoms with Crippen molar-refractivity contribution in [3.8, 4) is 23.0 Å². The van der Waals surface area contributed by atoms with Crippen LogP contribution in [0.4, 0.5) is 15.8 Å². The number of halogens is 1. The molecule has 150 valence electrons. The number of rotatable bonds is 8. The van der Waals surface area contributed by atoms with Crippen LogP contribution in [0.3, 0.4) is 0 Å². The van der Waals surface area contributed by atoms with Gasteiger partial charge in [-0.2, -0.15) is 0 Å². The molecule has 0 unspecified atom stereocenters. The van der Waals surface area contributed by atoms with Gasteiger partial charge < -0.3 is 29.6 Å². The number of benzene rings is 2. The van der Waals surface area contributed by atoms with Crippen LogP contribution in [-0.2, 0) is 4.79 Å². The second-order valence-electron chi connectivity index (χ2n) is 5.47. The van der Waals surface area contributed by atoms with Gasteiger partial charge in [0.15, 0.2) is 18.2 Å². The predicted molar refractivity (Wildman–Crippen MR) is 102 cm³/mol. The summed E-state index contributed by atoms with van der Waals surface area (Å²) in [6.07, 6.45) is 0. The van der Waals surface area contributed by atoms with E-state index in [4.69, 9.17) is 18.9 Å². The van der Waals surface area contributed by atoms with Crippen LogP contribution >= 0.6 is 0 Å². The summed E-state index contributed by atoms with van der Waals surface area (Å²) < 4.78 is 33.4. The number of amides is 2. The van der Waals surface area contributed by atoms with Crippen LogP contribution in [0, 0.1) is 0 Å². The van der Waals surface area contributed by atoms with E-state index in [1.54, 1.807) is 12.1 Å². The van der Waals surface area contributed by atoms with E-state index >= 15 is 0 Å². The summed E-state index contributed by atoms with van der Waals surface area (Å²) in [7, 11) is 5.80. The van der Waals surface area contributed by atoms with E-state index in [9.17, 15) is 14.0 Å². The maximum absolute atomic E-state index is 12.6. The topological polar surface area (TPSA) is 95.1 Å². The number of carbonyl (C=O) groups excluding carboxylic acids is 2. The molecule has 2 rings (SSSR count). The summed E-state index contributed by atoms with van der Waals surface area (Å²) in [5, 5.41) is 5.06. The Morgan fingerprint density at radius 3 is 1.96 bits per heavy atom. The second-order valence-corrected chi connectivity index (χ2v) is 5.47. The molecule has 0 aromatic heterocycles. The third-order valence-electron chi connectivity index (χ3n) is 3.78. The molecular weight excluding hydrogens is 371 g/mol. The summed E-state index contributed by atoms with van der Waals surface area (Å²) in [6, 6.07) is 7.55. The third kappa shape index (κ3) is 4.61. The fourth-order valence-corrected chi connectivity index (χ4v) is 2.49. The van der Waals surface area contributed by atoms with Gasteiger partial charge >= 0.3 is 0 Å². The van der Waals surface area contributed by atoms with Gasteiger partial charge in [0.05, 0.1) is 34.1 Å². The minimum atomic E-state index is -1.19. The normalized spacial score (nSPS) is 10.0. The van der Waals surface area contributed by atoms with E-state index in [1.807, 2.05) is 0 Å². The van der Waals surface area contributed by atoms with Crippen molar-refractivity contribution in [3.63, 3.8) is 0 Å². The Morgan fingerprint density at radius 2 is 1.46 bits per heavy atom. The lowest BCUT2D eigenvalue weighted by Gasteiger charge is -2.15. The van der Waals surface area contributed by atoms with Crippen molar-refractivity contribution in [2.24, 2.45) is 0 Å². The van der Waals surface area contributed by atoms with Gasteiger partial charge in [0.2, 0.25) is 5.75 Å². The lowest BCUT2D eigenvalue weighted by molar-refractivity contribution is -0.117. The van der Waals surface area contributed by atoms with E-state index < -0.39 is 18.5 Å². The summed E-state index contributed by atoms with van der Waals surface area (Å²) in [4.78, 5) is 24.0. The largest absolute Gasteiger partial charge is 0.495 e. The summed E-state index contributed by atoms with van der Waals surface area (Å²) in [6.45, 7) is -1.19. The van der Waals surface area contributed by atoms with Crippen LogP contribution in [-0.4, -0.2) is 46.9 Å². The number of anilines is 2. The Bertz CT molecular complexity index is 846. The van der Waals surface area contributed by atoms with Crippen molar-refractivity contribution < 1.29 is 32.9 Å². The van der Waals surface area contributed by atoms with Crippen molar-refractivity contribution in [1.82, 2.24) is 0 Å². The molecule has 2 aromatic rings. The summed E-state index contributed by atoms with van der Waals surface area (Å²) >= 11 is 0. The molecule has 0 bridgehead atoms. The SMILES string of the molecule is COc1ccc(C(=O)Nc2cc(OC)c(OC)c(OC)c2)cc1NC(=O)CF. The predicted octanol–water partition coefficient (Wildman–Crippen LogP) is 2.88. The van der Waals surface area contributed by atoms with Crippen LogP contribution in [0.25, 0.3) is 0 Å². The lowest BCUT2D eigenvalue weighted by atomic mass is 10.1. The Hall–Kier alpha value is -3.49. The molecule has 0 saturated carbocycles. The molecule has 0 spiro atoms. The molecule has 0 atom stereocenters. The zero-order valence-electron chi connectivity index (χ0n) is 15.9. The quantitative estimate of drug-likeness (QED) is 0.717. The van der Waals surface area contributed by atoms with Crippen molar-refractivity contribution in [1.29, 1.82) is 0 Å². The second kappa shape index (κ2) is 9.45. The minimum absolute atomic E-state index is 0.183. The number of carbonyl (C=O) groups is 2. The molecular formula is C19H21FN2O6. The highest BCUT2D eigenvalue weighted by Gasteiger charge is 2.16. The standard InChI is InChI=1S/C19H21FN2O6/c1-25-14-6-5-11(7-13(14)22-17(23)10-20)19(24)21-12-8-15(26-2)18(28-4)16(9-12)27-3/h5-9H,10H2,1-4H3,(H,21,24)(H,22,23). The molecule has 8 nitrogen and oxygen atoms in total. The number of hydrogen-bond donors (Lipinski definition) is 2. The van der Waals surface area contributed by atoms with Gasteiger partial charge in [0.1, 0.15) is 5.75 Å². The third-order valence-corrected chi connectivity index (χ3v) is 3.78. The van der Waals surface area contributed by atoms with E-state index in [0.717, 1.165) is 0 Å². The van der Waals surface area contributed by atoms with Crippen LogP contribution in [0.15, 0.2) is 30.3 Å². The van der Waals surface area contributed by atoms with Gasteiger partial charge in [-0.15, -0.1) is 0 Å². The minimum Gasteiger partial charge on any atom is -0.495 e. The van der Waals surface area contributed by atoms with Crippen molar-refractivity contribution in [3.05, 3.63) is 35.9 Å². The Labute approximate surface area is 161 Å². The fraction of sp³-hybridized carbons (Fsp3) is 0.263. The number of alkyl halides is 1. The van der Waals surface area contributed by atoms with Gasteiger partial charge in [-0.05, 0) is 18.2 Å². The fourth-order valence-electron chi connectivity index (χ4n) is 2.49. The molecule has 0 aliphatic heterocycles. The average molecular weight is 392 g/mol. The van der Waals surface area contributed by atoms with Crippen molar-refractivity contribution in [2.45, 2.75) is 0 Å². The van der Waals surface area contributed by atoms with Crippen LogP contribution in [0.1, 0.15) is 10.4 Å².